The van der Waals surface area contributed by atoms with E-state index in [1.54, 1.807) is 7.11 Å². The van der Waals surface area contributed by atoms with Crippen LogP contribution < -0.4 is 10.5 Å². The molecule has 1 unspecified atom stereocenters. The molecule has 1 aromatic carbocycles. The number of hydrogen-bond acceptors (Lipinski definition) is 3. The summed E-state index contributed by atoms with van der Waals surface area (Å²) < 4.78 is 5.55. The lowest BCUT2D eigenvalue weighted by Crippen LogP contribution is -2.42. The van der Waals surface area contributed by atoms with Crippen molar-refractivity contribution in [2.75, 3.05) is 13.7 Å². The Morgan fingerprint density at radius 3 is 2.52 bits per heavy atom. The fourth-order valence-corrected chi connectivity index (χ4v) is 3.57. The van der Waals surface area contributed by atoms with Gasteiger partial charge in [0.2, 0.25) is 0 Å². The van der Waals surface area contributed by atoms with Crippen molar-refractivity contribution in [3.63, 3.8) is 0 Å². The van der Waals surface area contributed by atoms with E-state index in [1.165, 1.54) is 24.8 Å². The van der Waals surface area contributed by atoms with Crippen LogP contribution >= 0.6 is 0 Å². The number of nitrogens with zero attached hydrogens (tertiary/aromatic N) is 1. The summed E-state index contributed by atoms with van der Waals surface area (Å²) in [5.74, 6) is 0.999. The summed E-state index contributed by atoms with van der Waals surface area (Å²) >= 11 is 0. The van der Waals surface area contributed by atoms with Crippen LogP contribution in [0.4, 0.5) is 0 Å². The van der Waals surface area contributed by atoms with Crippen LogP contribution in [0.3, 0.4) is 0 Å². The molecule has 0 spiro atoms. The minimum atomic E-state index is 0.389. The minimum Gasteiger partial charge on any atom is -0.496 e. The molecule has 21 heavy (non-hydrogen) atoms. The van der Waals surface area contributed by atoms with E-state index in [4.69, 9.17) is 10.5 Å². The van der Waals surface area contributed by atoms with Crippen LogP contribution in [0, 0.1) is 0 Å². The lowest BCUT2D eigenvalue weighted by molar-refractivity contribution is 0.106. The second-order valence-electron chi connectivity index (χ2n) is 6.22. The van der Waals surface area contributed by atoms with E-state index in [-0.39, 0.29) is 0 Å². The van der Waals surface area contributed by atoms with Crippen molar-refractivity contribution in [3.05, 3.63) is 29.8 Å². The van der Waals surface area contributed by atoms with E-state index in [0.717, 1.165) is 25.1 Å². The van der Waals surface area contributed by atoms with Crippen LogP contribution in [0.15, 0.2) is 24.3 Å². The Hall–Kier alpha value is -1.06. The van der Waals surface area contributed by atoms with Gasteiger partial charge in [-0.25, -0.2) is 0 Å². The summed E-state index contributed by atoms with van der Waals surface area (Å²) in [5, 5.41) is 0. The first kappa shape index (κ1) is 16.3. The Labute approximate surface area is 129 Å². The van der Waals surface area contributed by atoms with Gasteiger partial charge in [-0.1, -0.05) is 25.1 Å². The predicted octanol–water partition coefficient (Wildman–Crippen LogP) is 3.74. The third kappa shape index (κ3) is 3.98. The van der Waals surface area contributed by atoms with Crippen molar-refractivity contribution in [2.24, 2.45) is 5.73 Å². The number of ether oxygens (including phenoxy) is 1. The molecule has 1 saturated carbocycles. The van der Waals surface area contributed by atoms with Crippen molar-refractivity contribution < 1.29 is 4.74 Å². The van der Waals surface area contributed by atoms with E-state index in [0.29, 0.717) is 18.1 Å². The molecule has 3 nitrogen and oxygen atoms in total. The lowest BCUT2D eigenvalue weighted by atomic mass is 9.89. The third-order valence-corrected chi connectivity index (χ3v) is 4.78. The molecule has 2 N–H and O–H groups in total. The minimum absolute atomic E-state index is 0.389. The van der Waals surface area contributed by atoms with Crippen LogP contribution in [-0.2, 0) is 0 Å². The van der Waals surface area contributed by atoms with Gasteiger partial charge in [0.05, 0.1) is 7.11 Å². The molecule has 1 atom stereocenters. The Balaban J connectivity index is 2.16. The lowest BCUT2D eigenvalue weighted by Gasteiger charge is -2.40. The zero-order chi connectivity index (χ0) is 15.2. The molecule has 0 radical (unpaired) electrons. The zero-order valence-electron chi connectivity index (χ0n) is 13.7. The van der Waals surface area contributed by atoms with Crippen LogP contribution in [0.5, 0.6) is 5.75 Å². The second-order valence-corrected chi connectivity index (χ2v) is 6.22. The van der Waals surface area contributed by atoms with Gasteiger partial charge in [0, 0.05) is 23.7 Å². The van der Waals surface area contributed by atoms with Gasteiger partial charge in [-0.15, -0.1) is 0 Å². The molecule has 1 fully saturated rings. The average molecular weight is 290 g/mol. The van der Waals surface area contributed by atoms with E-state index >= 15 is 0 Å². The molecular weight excluding hydrogens is 260 g/mol. The smallest absolute Gasteiger partial charge is 0.123 e. The molecule has 0 heterocycles. The van der Waals surface area contributed by atoms with Crippen molar-refractivity contribution in [3.8, 4) is 5.75 Å². The molecule has 1 aliphatic rings. The maximum absolute atomic E-state index is 6.07. The normalized spacial score (nSPS) is 24.0. The maximum atomic E-state index is 6.07. The van der Waals surface area contributed by atoms with Crippen LogP contribution in [0.25, 0.3) is 0 Å². The highest BCUT2D eigenvalue weighted by atomic mass is 16.5. The van der Waals surface area contributed by atoms with Gasteiger partial charge in [0.25, 0.3) is 0 Å². The molecule has 0 amide bonds. The van der Waals surface area contributed by atoms with Crippen LogP contribution in [0.2, 0.25) is 0 Å². The first-order chi connectivity index (χ1) is 10.2. The first-order valence-electron chi connectivity index (χ1n) is 8.31. The Morgan fingerprint density at radius 2 is 1.90 bits per heavy atom. The van der Waals surface area contributed by atoms with Gasteiger partial charge in [-0.2, -0.15) is 0 Å². The fraction of sp³-hybridized carbons (Fsp3) is 0.667. The van der Waals surface area contributed by atoms with Crippen molar-refractivity contribution in [1.29, 1.82) is 0 Å². The number of methoxy groups -OCH3 is 1. The summed E-state index contributed by atoms with van der Waals surface area (Å²) in [6, 6.07) is 9.86. The van der Waals surface area contributed by atoms with Gasteiger partial charge < -0.3 is 10.5 Å². The van der Waals surface area contributed by atoms with Gasteiger partial charge in [-0.3, -0.25) is 4.90 Å². The summed E-state index contributed by atoms with van der Waals surface area (Å²) in [7, 11) is 1.76. The van der Waals surface area contributed by atoms with Crippen molar-refractivity contribution in [2.45, 2.75) is 64.1 Å². The Kier molecular flexibility index (Phi) is 6.07. The SMILES string of the molecule is CCCN(C1CCC(N)CC1)C(C)c1ccccc1OC. The molecule has 2 rings (SSSR count). The fourth-order valence-electron chi connectivity index (χ4n) is 3.57. The molecular formula is C18H30N2O. The zero-order valence-corrected chi connectivity index (χ0v) is 13.7. The molecule has 3 heteroatoms. The van der Waals surface area contributed by atoms with Crippen molar-refractivity contribution in [1.82, 2.24) is 4.90 Å². The average Bonchev–Trinajstić information content (AvgIpc) is 2.53. The summed E-state index contributed by atoms with van der Waals surface area (Å²) in [5.41, 5.74) is 7.36. The van der Waals surface area contributed by atoms with Gasteiger partial charge in [-0.05, 0) is 51.6 Å². The molecule has 1 aliphatic carbocycles. The van der Waals surface area contributed by atoms with E-state index in [9.17, 15) is 0 Å². The van der Waals surface area contributed by atoms with Gasteiger partial charge in [0.15, 0.2) is 0 Å². The number of rotatable bonds is 6. The van der Waals surface area contributed by atoms with E-state index in [2.05, 4.69) is 36.9 Å². The molecule has 1 aromatic rings. The van der Waals surface area contributed by atoms with E-state index < -0.39 is 0 Å². The number of hydrogen-bond donors (Lipinski definition) is 1. The highest BCUT2D eigenvalue weighted by Gasteiger charge is 2.28. The quantitative estimate of drug-likeness (QED) is 0.867. The van der Waals surface area contributed by atoms with E-state index in [1.807, 2.05) is 6.07 Å². The molecule has 0 saturated heterocycles. The molecule has 0 bridgehead atoms. The predicted molar refractivity (Wildman–Crippen MR) is 88.6 cm³/mol. The largest absolute Gasteiger partial charge is 0.496 e. The summed E-state index contributed by atoms with van der Waals surface area (Å²) in [4.78, 5) is 2.66. The summed E-state index contributed by atoms with van der Waals surface area (Å²) in [6.45, 7) is 5.71. The molecule has 118 valence electrons. The highest BCUT2D eigenvalue weighted by molar-refractivity contribution is 5.35. The van der Waals surface area contributed by atoms with Crippen molar-refractivity contribution >= 4 is 0 Å². The Bertz CT molecular complexity index is 427. The standard InChI is InChI=1S/C18H30N2O/c1-4-13-20(16-11-9-15(19)10-12-16)14(2)17-7-5-6-8-18(17)21-3/h5-8,14-16H,4,9-13,19H2,1-3H3. The molecule has 0 aromatic heterocycles. The third-order valence-electron chi connectivity index (χ3n) is 4.78. The van der Waals surface area contributed by atoms with Gasteiger partial charge in [0.1, 0.15) is 5.75 Å². The first-order valence-corrected chi connectivity index (χ1v) is 8.31. The number of para-hydroxylation sites is 1. The second kappa shape index (κ2) is 7.81. The summed E-state index contributed by atoms with van der Waals surface area (Å²) in [6.07, 6.45) is 5.94. The number of nitrogens with two attached hydrogens (primary N) is 1. The maximum Gasteiger partial charge on any atom is 0.123 e. The topological polar surface area (TPSA) is 38.5 Å². The Morgan fingerprint density at radius 1 is 1.24 bits per heavy atom. The monoisotopic (exact) mass is 290 g/mol. The van der Waals surface area contributed by atoms with Crippen LogP contribution in [-0.4, -0.2) is 30.6 Å². The highest BCUT2D eigenvalue weighted by Crippen LogP contribution is 2.33. The van der Waals surface area contributed by atoms with Crippen LogP contribution in [0.1, 0.15) is 57.6 Å². The number of benzene rings is 1. The molecule has 0 aliphatic heterocycles. The van der Waals surface area contributed by atoms with Gasteiger partial charge >= 0.3 is 0 Å².